The molecule has 92 valence electrons. The molecule has 1 N–H and O–H groups in total. The minimum absolute atomic E-state index is 0.149. The molecule has 0 amide bonds. The van der Waals surface area contributed by atoms with Crippen molar-refractivity contribution in [3.63, 3.8) is 0 Å². The lowest BCUT2D eigenvalue weighted by atomic mass is 10.1. The molecule has 3 nitrogen and oxygen atoms in total. The van der Waals surface area contributed by atoms with Gasteiger partial charge in [0.1, 0.15) is 0 Å². The quantitative estimate of drug-likeness (QED) is 0.903. The van der Waals surface area contributed by atoms with Crippen molar-refractivity contribution in [2.45, 2.75) is 19.4 Å². The van der Waals surface area contributed by atoms with E-state index in [0.717, 1.165) is 28.4 Å². The van der Waals surface area contributed by atoms with Crippen molar-refractivity contribution in [3.8, 4) is 0 Å². The normalized spacial score (nSPS) is 12.9. The number of hydrogen-bond acceptors (Lipinski definition) is 3. The van der Waals surface area contributed by atoms with E-state index in [0.29, 0.717) is 0 Å². The molecule has 2 rings (SSSR count). The summed E-state index contributed by atoms with van der Waals surface area (Å²) in [6.45, 7) is 3.12. The Kier molecular flexibility index (Phi) is 4.20. The maximum Gasteiger partial charge on any atom is 0.0717 e. The molecule has 0 spiro atoms. The lowest BCUT2D eigenvalue weighted by molar-refractivity contribution is 0.605. The zero-order valence-electron chi connectivity index (χ0n) is 9.98. The number of aromatic nitrogens is 2. The fourth-order valence-electron chi connectivity index (χ4n) is 1.75. The first-order valence-corrected chi connectivity index (χ1v) is 6.93. The van der Waals surface area contributed by atoms with Crippen LogP contribution in [0.2, 0.25) is 5.02 Å². The Labute approximate surface area is 110 Å². The maximum absolute atomic E-state index is 6.21. The fourth-order valence-corrected chi connectivity index (χ4v) is 3.02. The van der Waals surface area contributed by atoms with E-state index >= 15 is 0 Å². The highest BCUT2D eigenvalue weighted by molar-refractivity contribution is 7.10. The van der Waals surface area contributed by atoms with Gasteiger partial charge < -0.3 is 5.32 Å². The molecule has 1 atom stereocenters. The highest BCUT2D eigenvalue weighted by Crippen LogP contribution is 2.32. The van der Waals surface area contributed by atoms with Crippen LogP contribution >= 0.6 is 22.9 Å². The second-order valence-electron chi connectivity index (χ2n) is 3.97. The van der Waals surface area contributed by atoms with Crippen LogP contribution in [0.25, 0.3) is 0 Å². The van der Waals surface area contributed by atoms with E-state index in [9.17, 15) is 0 Å². The maximum atomic E-state index is 6.21. The summed E-state index contributed by atoms with van der Waals surface area (Å²) in [5.74, 6) is 0. The minimum atomic E-state index is 0.149. The van der Waals surface area contributed by atoms with Crippen molar-refractivity contribution in [3.05, 3.63) is 39.3 Å². The Morgan fingerprint density at radius 1 is 1.59 bits per heavy atom. The summed E-state index contributed by atoms with van der Waals surface area (Å²) in [6.07, 6.45) is 5.02. The Morgan fingerprint density at radius 2 is 2.41 bits per heavy atom. The predicted octanol–water partition coefficient (Wildman–Crippen LogP) is 3.22. The Bertz CT molecular complexity index is 478. The summed E-state index contributed by atoms with van der Waals surface area (Å²) >= 11 is 7.89. The van der Waals surface area contributed by atoms with Crippen LogP contribution in [-0.2, 0) is 7.05 Å². The lowest BCUT2D eigenvalue weighted by Crippen LogP contribution is -2.22. The number of rotatable bonds is 5. The van der Waals surface area contributed by atoms with Crippen LogP contribution in [0.3, 0.4) is 0 Å². The molecule has 0 saturated heterocycles. The number of nitrogens with zero attached hydrogens (tertiary/aromatic N) is 2. The average Bonchev–Trinajstić information content (AvgIpc) is 2.90. The van der Waals surface area contributed by atoms with Gasteiger partial charge in [0.2, 0.25) is 0 Å². The molecule has 0 aliphatic rings. The van der Waals surface area contributed by atoms with E-state index in [-0.39, 0.29) is 6.04 Å². The Balaban J connectivity index is 2.28. The summed E-state index contributed by atoms with van der Waals surface area (Å²) in [7, 11) is 1.93. The average molecular weight is 270 g/mol. The lowest BCUT2D eigenvalue weighted by Gasteiger charge is -2.16. The van der Waals surface area contributed by atoms with Crippen LogP contribution < -0.4 is 5.32 Å². The Morgan fingerprint density at radius 3 is 2.94 bits per heavy atom. The van der Waals surface area contributed by atoms with Crippen molar-refractivity contribution in [2.75, 3.05) is 6.54 Å². The Hall–Kier alpha value is -0.840. The van der Waals surface area contributed by atoms with Crippen molar-refractivity contribution >= 4 is 22.9 Å². The number of thiophene rings is 1. The molecule has 0 radical (unpaired) electrons. The summed E-state index contributed by atoms with van der Waals surface area (Å²) in [6, 6.07) is 2.09. The van der Waals surface area contributed by atoms with Gasteiger partial charge in [-0.15, -0.1) is 11.3 Å². The molecule has 0 fully saturated rings. The van der Waals surface area contributed by atoms with Crippen molar-refractivity contribution in [1.29, 1.82) is 0 Å². The first-order valence-electron chi connectivity index (χ1n) is 5.67. The molecule has 0 saturated carbocycles. The summed E-state index contributed by atoms with van der Waals surface area (Å²) < 4.78 is 1.82. The topological polar surface area (TPSA) is 29.9 Å². The third kappa shape index (κ3) is 2.89. The van der Waals surface area contributed by atoms with E-state index in [1.165, 1.54) is 0 Å². The molecule has 0 aliphatic heterocycles. The smallest absolute Gasteiger partial charge is 0.0717 e. The zero-order valence-corrected chi connectivity index (χ0v) is 11.6. The number of hydrogen-bond donors (Lipinski definition) is 1. The van der Waals surface area contributed by atoms with Gasteiger partial charge in [0.25, 0.3) is 0 Å². The molecule has 0 aliphatic carbocycles. The van der Waals surface area contributed by atoms with Crippen LogP contribution in [0.15, 0.2) is 23.8 Å². The fraction of sp³-hybridized carbons (Fsp3) is 0.417. The molecule has 2 aromatic heterocycles. The van der Waals surface area contributed by atoms with Gasteiger partial charge in [-0.2, -0.15) is 5.10 Å². The van der Waals surface area contributed by atoms with Gasteiger partial charge in [0, 0.05) is 23.7 Å². The molecule has 2 heterocycles. The van der Waals surface area contributed by atoms with Gasteiger partial charge in [-0.1, -0.05) is 18.5 Å². The second-order valence-corrected chi connectivity index (χ2v) is 5.32. The van der Waals surface area contributed by atoms with Gasteiger partial charge >= 0.3 is 0 Å². The standard InChI is InChI=1S/C12H16ClN3S/c1-3-5-14-11(9-7-15-16(2)8-9)12-10(13)4-6-17-12/h4,6-8,11,14H,3,5H2,1-2H3. The van der Waals surface area contributed by atoms with E-state index in [2.05, 4.69) is 17.3 Å². The number of nitrogens with one attached hydrogen (secondary N) is 1. The van der Waals surface area contributed by atoms with Gasteiger partial charge in [-0.05, 0) is 24.4 Å². The van der Waals surface area contributed by atoms with Crippen LogP contribution in [0.4, 0.5) is 0 Å². The molecule has 1 unspecified atom stereocenters. The second kappa shape index (κ2) is 5.67. The summed E-state index contributed by atoms with van der Waals surface area (Å²) in [4.78, 5) is 1.16. The van der Waals surface area contributed by atoms with Crippen molar-refractivity contribution in [1.82, 2.24) is 15.1 Å². The third-order valence-corrected chi connectivity index (χ3v) is 3.99. The van der Waals surface area contributed by atoms with Gasteiger partial charge in [-0.25, -0.2) is 0 Å². The largest absolute Gasteiger partial charge is 0.305 e. The zero-order chi connectivity index (χ0) is 12.3. The monoisotopic (exact) mass is 269 g/mol. The summed E-state index contributed by atoms with van der Waals surface area (Å²) in [5.41, 5.74) is 1.16. The number of halogens is 1. The van der Waals surface area contributed by atoms with Crippen molar-refractivity contribution in [2.24, 2.45) is 7.05 Å². The molecule has 0 aromatic carbocycles. The van der Waals surface area contributed by atoms with Gasteiger partial charge in [0.15, 0.2) is 0 Å². The molecule has 17 heavy (non-hydrogen) atoms. The summed E-state index contributed by atoms with van der Waals surface area (Å²) in [5, 5.41) is 10.6. The highest BCUT2D eigenvalue weighted by atomic mass is 35.5. The SMILES string of the molecule is CCCNC(c1cnn(C)c1)c1sccc1Cl. The van der Waals surface area contributed by atoms with E-state index in [4.69, 9.17) is 11.6 Å². The van der Waals surface area contributed by atoms with Crippen LogP contribution in [-0.4, -0.2) is 16.3 Å². The van der Waals surface area contributed by atoms with Crippen molar-refractivity contribution < 1.29 is 0 Å². The molecular formula is C12H16ClN3S. The van der Waals surface area contributed by atoms with Crippen LogP contribution in [0.1, 0.15) is 29.8 Å². The van der Waals surface area contributed by atoms with Crippen LogP contribution in [0.5, 0.6) is 0 Å². The molecule has 5 heteroatoms. The first-order chi connectivity index (χ1) is 8.22. The van der Waals surface area contributed by atoms with E-state index in [1.807, 2.05) is 35.6 Å². The minimum Gasteiger partial charge on any atom is -0.305 e. The first kappa shape index (κ1) is 12.6. The third-order valence-electron chi connectivity index (χ3n) is 2.56. The van der Waals surface area contributed by atoms with E-state index in [1.54, 1.807) is 11.3 Å². The number of aryl methyl sites for hydroxylation is 1. The van der Waals surface area contributed by atoms with Gasteiger partial charge in [-0.3, -0.25) is 4.68 Å². The molecule has 0 bridgehead atoms. The predicted molar refractivity (Wildman–Crippen MR) is 72.7 cm³/mol. The van der Waals surface area contributed by atoms with Crippen LogP contribution in [0, 0.1) is 0 Å². The van der Waals surface area contributed by atoms with Gasteiger partial charge in [0.05, 0.1) is 17.3 Å². The molecular weight excluding hydrogens is 254 g/mol. The molecule has 2 aromatic rings. The van der Waals surface area contributed by atoms with E-state index < -0.39 is 0 Å². The highest BCUT2D eigenvalue weighted by Gasteiger charge is 2.18.